The van der Waals surface area contributed by atoms with Crippen LogP contribution >= 0.6 is 0 Å². The summed E-state index contributed by atoms with van der Waals surface area (Å²) in [6.07, 6.45) is 1.94. The fourth-order valence-electron chi connectivity index (χ4n) is 6.36. The molecule has 4 aromatic rings. The lowest BCUT2D eigenvalue weighted by atomic mass is 9.99. The monoisotopic (exact) mass is 779 g/mol. The Labute approximate surface area is 322 Å². The molecule has 13 nitrogen and oxygen atoms in total. The number of aryl methyl sites for hydroxylation is 3. The van der Waals surface area contributed by atoms with Crippen LogP contribution < -0.4 is 20.1 Å². The number of hydrogen-bond donors (Lipinski definition) is 2. The molecule has 296 valence electrons. The molecule has 0 radical (unpaired) electrons. The first-order chi connectivity index (χ1) is 26.3. The third kappa shape index (κ3) is 10.6. The van der Waals surface area contributed by atoms with Crippen molar-refractivity contribution < 1.29 is 41.1 Å². The van der Waals surface area contributed by atoms with Gasteiger partial charge in [-0.2, -0.15) is 4.31 Å². The minimum atomic E-state index is -3.97. The van der Waals surface area contributed by atoms with E-state index in [1.807, 2.05) is 38.1 Å². The quantitative estimate of drug-likeness (QED) is 0.163. The number of anilines is 2. The smallest absolute Gasteiger partial charge is 0.323 e. The molecule has 0 bridgehead atoms. The van der Waals surface area contributed by atoms with Gasteiger partial charge in [-0.15, -0.1) is 0 Å². The summed E-state index contributed by atoms with van der Waals surface area (Å²) >= 11 is 0. The molecule has 0 spiro atoms. The van der Waals surface area contributed by atoms with E-state index in [-0.39, 0.29) is 41.4 Å². The summed E-state index contributed by atoms with van der Waals surface area (Å²) in [6, 6.07) is 16.6. The lowest BCUT2D eigenvalue weighted by Crippen LogP contribution is -2.47. The minimum absolute atomic E-state index is 0.00450. The zero-order valence-electron chi connectivity index (χ0n) is 32.1. The molecule has 0 unspecified atom stereocenters. The van der Waals surface area contributed by atoms with Gasteiger partial charge in [0.1, 0.15) is 28.7 Å². The maximum atomic E-state index is 14.8. The maximum Gasteiger partial charge on any atom is 0.323 e. The number of nitrogens with zero attached hydrogens (tertiary/aromatic N) is 3. The van der Waals surface area contributed by atoms with E-state index in [0.717, 1.165) is 23.4 Å². The van der Waals surface area contributed by atoms with Crippen molar-refractivity contribution in [3.8, 4) is 11.5 Å². The fourth-order valence-corrected chi connectivity index (χ4v) is 7.55. The Kier molecular flexibility index (Phi) is 13.9. The molecule has 0 fully saturated rings. The Balaban J connectivity index is 1.44. The summed E-state index contributed by atoms with van der Waals surface area (Å²) in [4.78, 5) is 29.6. The lowest BCUT2D eigenvalue weighted by Gasteiger charge is -2.36. The highest BCUT2D eigenvalue weighted by Crippen LogP contribution is 2.29. The van der Waals surface area contributed by atoms with Crippen molar-refractivity contribution in [3.63, 3.8) is 0 Å². The highest BCUT2D eigenvalue weighted by Gasteiger charge is 2.32. The summed E-state index contributed by atoms with van der Waals surface area (Å²) < 4.78 is 64.9. The van der Waals surface area contributed by atoms with E-state index in [0.29, 0.717) is 67.5 Å². The standard InChI is InChI=1S/C40H50FN5O8S/c1-26-24-46(27(2)9-10-30-11-16-33(51-6)17-12-30)39(47)35-23-32(42-40(48)43-38-28(3)44-54-29(38)4)15-20-36(35)52-21-7-8-22-53-37(26)25-45(5)55(49,50)34-18-13-31(41)14-19-34/h11-20,23,26-27,37H,7-10,21-22,24-25H2,1-6H3,(H2,42,43,48)/t26-,27+,37+/m1/s1. The minimum Gasteiger partial charge on any atom is -0.497 e. The molecule has 1 aliphatic heterocycles. The van der Waals surface area contributed by atoms with Crippen molar-refractivity contribution in [3.05, 3.63) is 95.1 Å². The van der Waals surface area contributed by atoms with Crippen LogP contribution in [-0.2, 0) is 21.2 Å². The second-order valence-electron chi connectivity index (χ2n) is 13.9. The molecule has 0 aliphatic carbocycles. The van der Waals surface area contributed by atoms with Gasteiger partial charge in [-0.25, -0.2) is 17.6 Å². The first kappa shape index (κ1) is 41.2. The molecule has 3 atom stereocenters. The molecule has 0 saturated carbocycles. The van der Waals surface area contributed by atoms with Crippen LogP contribution in [-0.4, -0.2) is 87.3 Å². The Morgan fingerprint density at radius 1 is 1.05 bits per heavy atom. The van der Waals surface area contributed by atoms with Gasteiger partial charge in [-0.1, -0.05) is 24.2 Å². The van der Waals surface area contributed by atoms with Gasteiger partial charge in [0, 0.05) is 44.4 Å². The normalized spacial score (nSPS) is 17.6. The van der Waals surface area contributed by atoms with Crippen molar-refractivity contribution in [2.24, 2.45) is 5.92 Å². The second kappa shape index (κ2) is 18.6. The topological polar surface area (TPSA) is 153 Å². The van der Waals surface area contributed by atoms with Gasteiger partial charge in [-0.3, -0.25) is 4.79 Å². The van der Waals surface area contributed by atoms with Crippen LogP contribution in [0, 0.1) is 25.6 Å². The van der Waals surface area contributed by atoms with Gasteiger partial charge in [0.15, 0.2) is 5.76 Å². The number of rotatable bonds is 11. The number of sulfonamides is 1. The van der Waals surface area contributed by atoms with Gasteiger partial charge >= 0.3 is 6.03 Å². The number of urea groups is 1. The van der Waals surface area contributed by atoms with Crippen LogP contribution in [0.1, 0.15) is 60.5 Å². The number of carbonyl (C=O) groups excluding carboxylic acids is 2. The Morgan fingerprint density at radius 3 is 2.44 bits per heavy atom. The Bertz CT molecular complexity index is 2000. The second-order valence-corrected chi connectivity index (χ2v) is 15.9. The van der Waals surface area contributed by atoms with Gasteiger partial charge in [-0.05, 0) is 107 Å². The van der Waals surface area contributed by atoms with Gasteiger partial charge in [0.05, 0.1) is 30.3 Å². The van der Waals surface area contributed by atoms with Crippen LogP contribution in [0.3, 0.4) is 0 Å². The Morgan fingerprint density at radius 2 is 1.76 bits per heavy atom. The number of carbonyl (C=O) groups is 2. The zero-order chi connectivity index (χ0) is 39.7. The van der Waals surface area contributed by atoms with E-state index in [9.17, 15) is 22.4 Å². The number of ether oxygens (including phenoxy) is 3. The van der Waals surface area contributed by atoms with Crippen molar-refractivity contribution in [2.75, 3.05) is 51.1 Å². The third-order valence-electron chi connectivity index (χ3n) is 9.75. The van der Waals surface area contributed by atoms with E-state index < -0.39 is 28.0 Å². The molecule has 3 amide bonds. The van der Waals surface area contributed by atoms with Crippen molar-refractivity contribution in [1.82, 2.24) is 14.4 Å². The number of fused-ring (bicyclic) bond motifs is 1. The predicted octanol–water partition coefficient (Wildman–Crippen LogP) is 7.06. The van der Waals surface area contributed by atoms with Gasteiger partial charge in [0.25, 0.3) is 5.91 Å². The number of methoxy groups -OCH3 is 1. The summed E-state index contributed by atoms with van der Waals surface area (Å²) in [5.41, 5.74) is 2.70. The van der Waals surface area contributed by atoms with Gasteiger partial charge in [0.2, 0.25) is 10.0 Å². The molecule has 55 heavy (non-hydrogen) atoms. The maximum absolute atomic E-state index is 14.8. The summed E-state index contributed by atoms with van der Waals surface area (Å²) in [5.74, 6) is 0.407. The van der Waals surface area contributed by atoms with Crippen LogP contribution in [0.5, 0.6) is 11.5 Å². The lowest BCUT2D eigenvalue weighted by molar-refractivity contribution is -0.00548. The first-order valence-electron chi connectivity index (χ1n) is 18.3. The van der Waals surface area contributed by atoms with E-state index >= 15 is 0 Å². The number of nitrogens with one attached hydrogen (secondary N) is 2. The predicted molar refractivity (Wildman–Crippen MR) is 207 cm³/mol. The van der Waals surface area contributed by atoms with Crippen molar-refractivity contribution >= 4 is 33.3 Å². The van der Waals surface area contributed by atoms with E-state index in [1.54, 1.807) is 44.1 Å². The molecule has 1 aliphatic rings. The highest BCUT2D eigenvalue weighted by molar-refractivity contribution is 7.89. The first-order valence-corrected chi connectivity index (χ1v) is 19.8. The fraction of sp³-hybridized carbons (Fsp3) is 0.425. The molecular weight excluding hydrogens is 730 g/mol. The number of hydrogen-bond acceptors (Lipinski definition) is 9. The number of halogens is 1. The molecule has 2 N–H and O–H groups in total. The van der Waals surface area contributed by atoms with Crippen molar-refractivity contribution in [2.45, 2.75) is 70.4 Å². The summed E-state index contributed by atoms with van der Waals surface area (Å²) in [7, 11) is -0.884. The molecule has 0 saturated heterocycles. The average Bonchev–Trinajstić information content (AvgIpc) is 3.49. The third-order valence-corrected chi connectivity index (χ3v) is 11.6. The average molecular weight is 780 g/mol. The molecule has 1 aromatic heterocycles. The molecule has 2 heterocycles. The SMILES string of the molecule is COc1ccc(CC[C@H](C)N2C[C@@H](C)[C@H](CN(C)S(=O)(=O)c3ccc(F)cc3)OCCCCOc3ccc(NC(=O)Nc4c(C)noc4C)cc3C2=O)cc1. The summed E-state index contributed by atoms with van der Waals surface area (Å²) in [6.45, 7) is 8.20. The van der Waals surface area contributed by atoms with Crippen LogP contribution in [0.25, 0.3) is 0 Å². The number of amides is 3. The molecule has 3 aromatic carbocycles. The molecular formula is C40H50FN5O8S. The van der Waals surface area contributed by atoms with E-state index in [1.165, 1.54) is 23.5 Å². The summed E-state index contributed by atoms with van der Waals surface area (Å²) in [5, 5.41) is 9.45. The number of aromatic nitrogens is 1. The zero-order valence-corrected chi connectivity index (χ0v) is 33.0. The van der Waals surface area contributed by atoms with Crippen LogP contribution in [0.4, 0.5) is 20.6 Å². The van der Waals surface area contributed by atoms with E-state index in [2.05, 4.69) is 15.8 Å². The molecule has 15 heteroatoms. The van der Waals surface area contributed by atoms with Crippen LogP contribution in [0.15, 0.2) is 76.1 Å². The highest BCUT2D eigenvalue weighted by atomic mass is 32.2. The Hall–Kier alpha value is -4.99. The number of benzene rings is 3. The molecule has 5 rings (SSSR count). The largest absolute Gasteiger partial charge is 0.497 e. The van der Waals surface area contributed by atoms with Crippen molar-refractivity contribution in [1.29, 1.82) is 0 Å². The number of likely N-dealkylation sites (N-methyl/N-ethyl adjacent to an activating group) is 1. The van der Waals surface area contributed by atoms with Gasteiger partial charge < -0.3 is 34.3 Å². The van der Waals surface area contributed by atoms with Crippen LogP contribution in [0.2, 0.25) is 0 Å². The van der Waals surface area contributed by atoms with E-state index in [4.69, 9.17) is 18.7 Å².